The summed E-state index contributed by atoms with van der Waals surface area (Å²) in [6.07, 6.45) is -0.246. The standard InChI is InChI=1S/C15H23NO2S/c1-11(2)16(12(3)4)15(17)18-10-19-14-8-6-13(5)7-9-14/h6-9,11-12H,10H2,1-5H3. The second-order valence-electron chi connectivity index (χ2n) is 5.08. The minimum absolute atomic E-state index is 0.150. The minimum atomic E-state index is -0.246. The monoisotopic (exact) mass is 281 g/mol. The van der Waals surface area contributed by atoms with Gasteiger partial charge >= 0.3 is 6.09 Å². The lowest BCUT2D eigenvalue weighted by Crippen LogP contribution is -2.42. The molecule has 0 atom stereocenters. The highest BCUT2D eigenvalue weighted by molar-refractivity contribution is 7.99. The number of carbonyl (C=O) groups excluding carboxylic acids is 1. The molecule has 0 saturated carbocycles. The van der Waals surface area contributed by atoms with Crippen molar-refractivity contribution in [1.82, 2.24) is 4.90 Å². The van der Waals surface area contributed by atoms with Gasteiger partial charge in [-0.15, -0.1) is 0 Å². The molecule has 0 fully saturated rings. The van der Waals surface area contributed by atoms with E-state index in [9.17, 15) is 4.79 Å². The van der Waals surface area contributed by atoms with Crippen molar-refractivity contribution in [3.05, 3.63) is 29.8 Å². The first-order chi connectivity index (χ1) is 8.91. The van der Waals surface area contributed by atoms with Crippen molar-refractivity contribution >= 4 is 17.9 Å². The summed E-state index contributed by atoms with van der Waals surface area (Å²) >= 11 is 1.53. The quantitative estimate of drug-likeness (QED) is 0.595. The third-order valence-electron chi connectivity index (χ3n) is 2.75. The van der Waals surface area contributed by atoms with Crippen molar-refractivity contribution in [3.8, 4) is 0 Å². The first-order valence-electron chi connectivity index (χ1n) is 6.56. The van der Waals surface area contributed by atoms with Crippen LogP contribution in [0.25, 0.3) is 0 Å². The molecule has 0 aliphatic rings. The lowest BCUT2D eigenvalue weighted by Gasteiger charge is -2.29. The van der Waals surface area contributed by atoms with Gasteiger partial charge in [0.15, 0.2) is 0 Å². The number of hydrogen-bond donors (Lipinski definition) is 0. The normalized spacial score (nSPS) is 10.9. The molecule has 1 amide bonds. The third kappa shape index (κ3) is 5.15. The van der Waals surface area contributed by atoms with Crippen LogP contribution >= 0.6 is 11.8 Å². The summed E-state index contributed by atoms with van der Waals surface area (Å²) in [5.41, 5.74) is 1.23. The number of amides is 1. The molecule has 1 aromatic rings. The van der Waals surface area contributed by atoms with Crippen molar-refractivity contribution in [2.24, 2.45) is 0 Å². The van der Waals surface area contributed by atoms with Crippen LogP contribution in [-0.2, 0) is 4.74 Å². The van der Waals surface area contributed by atoms with E-state index >= 15 is 0 Å². The molecule has 0 unspecified atom stereocenters. The summed E-state index contributed by atoms with van der Waals surface area (Å²) in [5, 5.41) is 0. The zero-order chi connectivity index (χ0) is 14.4. The summed E-state index contributed by atoms with van der Waals surface area (Å²) in [5.74, 6) is 0.345. The molecular formula is C15H23NO2S. The van der Waals surface area contributed by atoms with Crippen molar-refractivity contribution in [2.75, 3.05) is 5.94 Å². The Kier molecular flexibility index (Phi) is 6.22. The Morgan fingerprint density at radius 3 is 2.16 bits per heavy atom. The van der Waals surface area contributed by atoms with Crippen LogP contribution in [0.2, 0.25) is 0 Å². The van der Waals surface area contributed by atoms with Gasteiger partial charge in [0.1, 0.15) is 5.94 Å². The fourth-order valence-corrected chi connectivity index (χ4v) is 2.50. The summed E-state index contributed by atoms with van der Waals surface area (Å²) in [4.78, 5) is 14.8. The van der Waals surface area contributed by atoms with Crippen LogP contribution in [0.1, 0.15) is 33.3 Å². The number of benzene rings is 1. The van der Waals surface area contributed by atoms with Crippen molar-refractivity contribution in [1.29, 1.82) is 0 Å². The Morgan fingerprint density at radius 2 is 1.68 bits per heavy atom. The number of ether oxygens (including phenoxy) is 1. The average Bonchev–Trinajstić information content (AvgIpc) is 2.30. The molecule has 0 saturated heterocycles. The molecule has 1 aromatic carbocycles. The molecule has 0 spiro atoms. The van der Waals surface area contributed by atoms with Gasteiger partial charge in [-0.05, 0) is 46.8 Å². The van der Waals surface area contributed by atoms with Gasteiger partial charge in [0.25, 0.3) is 0 Å². The van der Waals surface area contributed by atoms with Gasteiger partial charge in [-0.25, -0.2) is 4.79 Å². The zero-order valence-corrected chi connectivity index (χ0v) is 13.2. The fourth-order valence-electron chi connectivity index (χ4n) is 1.87. The largest absolute Gasteiger partial charge is 0.438 e. The predicted octanol–water partition coefficient (Wildman–Crippen LogP) is 4.30. The maximum atomic E-state index is 12.0. The van der Waals surface area contributed by atoms with Gasteiger partial charge in [0.2, 0.25) is 0 Å². The molecule has 0 aliphatic heterocycles. The maximum Gasteiger partial charge on any atom is 0.411 e. The highest BCUT2D eigenvalue weighted by Crippen LogP contribution is 2.19. The SMILES string of the molecule is Cc1ccc(SCOC(=O)N(C(C)C)C(C)C)cc1. The molecule has 0 N–H and O–H groups in total. The number of nitrogens with zero attached hydrogens (tertiary/aromatic N) is 1. The Labute approximate surface area is 120 Å². The van der Waals surface area contributed by atoms with Crippen LogP contribution in [0.3, 0.4) is 0 Å². The van der Waals surface area contributed by atoms with E-state index in [0.717, 1.165) is 4.90 Å². The molecule has 0 bridgehead atoms. The van der Waals surface area contributed by atoms with E-state index in [1.807, 2.05) is 39.8 Å². The molecule has 3 nitrogen and oxygen atoms in total. The molecular weight excluding hydrogens is 258 g/mol. The molecule has 19 heavy (non-hydrogen) atoms. The van der Waals surface area contributed by atoms with Crippen LogP contribution < -0.4 is 0 Å². The summed E-state index contributed by atoms with van der Waals surface area (Å²) in [6, 6.07) is 8.48. The van der Waals surface area contributed by atoms with Gasteiger partial charge < -0.3 is 9.64 Å². The van der Waals surface area contributed by atoms with E-state index in [1.165, 1.54) is 17.3 Å². The Balaban J connectivity index is 2.43. The zero-order valence-electron chi connectivity index (χ0n) is 12.3. The molecule has 0 aromatic heterocycles. The molecule has 0 radical (unpaired) electrons. The smallest absolute Gasteiger partial charge is 0.411 e. The second-order valence-corrected chi connectivity index (χ2v) is 6.08. The lowest BCUT2D eigenvalue weighted by atomic mass is 10.2. The molecule has 0 aliphatic carbocycles. The van der Waals surface area contributed by atoms with E-state index in [4.69, 9.17) is 4.74 Å². The van der Waals surface area contributed by atoms with E-state index in [0.29, 0.717) is 5.94 Å². The third-order valence-corrected chi connectivity index (χ3v) is 3.59. The minimum Gasteiger partial charge on any atom is -0.438 e. The van der Waals surface area contributed by atoms with Crippen molar-refractivity contribution in [2.45, 2.75) is 51.6 Å². The van der Waals surface area contributed by atoms with Crippen LogP contribution in [-0.4, -0.2) is 29.0 Å². The van der Waals surface area contributed by atoms with Crippen LogP contribution in [0.4, 0.5) is 4.79 Å². The Hall–Kier alpha value is -1.16. The van der Waals surface area contributed by atoms with Gasteiger partial charge in [0.05, 0.1) is 0 Å². The van der Waals surface area contributed by atoms with Crippen LogP contribution in [0, 0.1) is 6.92 Å². The van der Waals surface area contributed by atoms with E-state index < -0.39 is 0 Å². The number of thioether (sulfide) groups is 1. The molecule has 1 rings (SSSR count). The Morgan fingerprint density at radius 1 is 1.16 bits per heavy atom. The predicted molar refractivity (Wildman–Crippen MR) is 80.5 cm³/mol. The number of aryl methyl sites for hydroxylation is 1. The van der Waals surface area contributed by atoms with E-state index in [1.54, 1.807) is 4.90 Å². The topological polar surface area (TPSA) is 29.5 Å². The highest BCUT2D eigenvalue weighted by atomic mass is 32.2. The van der Waals surface area contributed by atoms with Crippen molar-refractivity contribution in [3.63, 3.8) is 0 Å². The second kappa shape index (κ2) is 7.43. The number of hydrogen-bond acceptors (Lipinski definition) is 3. The van der Waals surface area contributed by atoms with Gasteiger partial charge in [-0.3, -0.25) is 0 Å². The number of rotatable bonds is 5. The maximum absolute atomic E-state index is 12.0. The van der Waals surface area contributed by atoms with E-state index in [-0.39, 0.29) is 18.2 Å². The summed E-state index contributed by atoms with van der Waals surface area (Å²) < 4.78 is 5.31. The van der Waals surface area contributed by atoms with E-state index in [2.05, 4.69) is 19.1 Å². The van der Waals surface area contributed by atoms with Gasteiger partial charge in [-0.2, -0.15) is 0 Å². The van der Waals surface area contributed by atoms with Crippen LogP contribution in [0.5, 0.6) is 0 Å². The fraction of sp³-hybridized carbons (Fsp3) is 0.533. The molecule has 106 valence electrons. The van der Waals surface area contributed by atoms with Gasteiger partial charge in [-0.1, -0.05) is 29.5 Å². The Bertz CT molecular complexity index is 393. The first-order valence-corrected chi connectivity index (χ1v) is 7.55. The average molecular weight is 281 g/mol. The van der Waals surface area contributed by atoms with Gasteiger partial charge in [0, 0.05) is 17.0 Å². The number of carbonyl (C=O) groups is 1. The lowest BCUT2D eigenvalue weighted by molar-refractivity contribution is 0.0931. The summed E-state index contributed by atoms with van der Waals surface area (Å²) in [6.45, 7) is 10.0. The van der Waals surface area contributed by atoms with Crippen molar-refractivity contribution < 1.29 is 9.53 Å². The molecule has 4 heteroatoms. The van der Waals surface area contributed by atoms with Crippen LogP contribution in [0.15, 0.2) is 29.2 Å². The molecule has 0 heterocycles. The summed E-state index contributed by atoms with van der Waals surface area (Å²) in [7, 11) is 0. The highest BCUT2D eigenvalue weighted by Gasteiger charge is 2.21. The first kappa shape index (κ1) is 15.9.